The van der Waals surface area contributed by atoms with Crippen molar-refractivity contribution in [2.45, 2.75) is 26.3 Å². The zero-order chi connectivity index (χ0) is 15.4. The van der Waals surface area contributed by atoms with Crippen molar-refractivity contribution in [3.63, 3.8) is 0 Å². The summed E-state index contributed by atoms with van der Waals surface area (Å²) in [5.74, 6) is 5.69. The van der Waals surface area contributed by atoms with Crippen LogP contribution in [-0.2, 0) is 0 Å². The molecule has 0 saturated carbocycles. The molecule has 0 aliphatic carbocycles. The van der Waals surface area contributed by atoms with Crippen molar-refractivity contribution in [1.82, 2.24) is 4.90 Å². The van der Waals surface area contributed by atoms with Gasteiger partial charge in [-0.1, -0.05) is 18.8 Å². The number of likely N-dealkylation sites (tertiary alicyclic amines) is 1. The average molecular weight is 287 g/mol. The maximum atomic E-state index is 12.7. The van der Waals surface area contributed by atoms with Crippen LogP contribution >= 0.6 is 0 Å². The summed E-state index contributed by atoms with van der Waals surface area (Å²) in [6.07, 6.45) is 0.917. The van der Waals surface area contributed by atoms with Crippen LogP contribution in [0.4, 0.5) is 0 Å². The first-order chi connectivity index (χ1) is 10.1. The lowest BCUT2D eigenvalue weighted by molar-refractivity contribution is 0.0648. The lowest BCUT2D eigenvalue weighted by Crippen LogP contribution is -2.39. The fraction of sp³-hybridized carbons (Fsp3) is 0.471. The molecule has 1 fully saturated rings. The first-order valence-corrected chi connectivity index (χ1v) is 7.20. The Morgan fingerprint density at radius 3 is 2.81 bits per heavy atom. The van der Waals surface area contributed by atoms with Crippen LogP contribution in [0.1, 0.15) is 34.8 Å². The molecule has 2 N–H and O–H groups in total. The van der Waals surface area contributed by atoms with Crippen LogP contribution < -0.4 is 0 Å². The highest BCUT2D eigenvalue weighted by molar-refractivity contribution is 5.95. The van der Waals surface area contributed by atoms with Crippen LogP contribution in [0.5, 0.6) is 0 Å². The molecule has 1 aromatic carbocycles. The van der Waals surface area contributed by atoms with Gasteiger partial charge in [-0.3, -0.25) is 4.79 Å². The largest absolute Gasteiger partial charge is 0.394 e. The van der Waals surface area contributed by atoms with Crippen molar-refractivity contribution < 1.29 is 15.0 Å². The Morgan fingerprint density at radius 1 is 1.38 bits per heavy atom. The van der Waals surface area contributed by atoms with Crippen LogP contribution in [0, 0.1) is 24.7 Å². The summed E-state index contributed by atoms with van der Waals surface area (Å²) in [5.41, 5.74) is 2.26. The molecule has 0 spiro atoms. The van der Waals surface area contributed by atoms with Crippen LogP contribution in [0.15, 0.2) is 18.2 Å². The number of hydrogen-bond donors (Lipinski definition) is 2. The Bertz CT molecular complexity index is 585. The normalized spacial score (nSPS) is 21.0. The number of aryl methyl sites for hydroxylation is 1. The minimum Gasteiger partial charge on any atom is -0.394 e. The molecule has 0 aromatic heterocycles. The Kier molecular flexibility index (Phi) is 5.00. The van der Waals surface area contributed by atoms with Gasteiger partial charge in [-0.2, -0.15) is 0 Å². The van der Waals surface area contributed by atoms with Crippen molar-refractivity contribution in [3.8, 4) is 11.8 Å². The minimum atomic E-state index is -0.201. The van der Waals surface area contributed by atoms with Gasteiger partial charge in [-0.25, -0.2) is 0 Å². The Hall–Kier alpha value is -1.83. The third kappa shape index (κ3) is 3.44. The van der Waals surface area contributed by atoms with E-state index in [2.05, 4.69) is 18.8 Å². The second-order valence-corrected chi connectivity index (χ2v) is 5.56. The van der Waals surface area contributed by atoms with Crippen molar-refractivity contribution in [1.29, 1.82) is 0 Å². The molecule has 1 aliphatic heterocycles. The third-order valence-electron chi connectivity index (χ3n) is 3.97. The van der Waals surface area contributed by atoms with Crippen molar-refractivity contribution >= 4 is 5.91 Å². The predicted octanol–water partition coefficient (Wildman–Crippen LogP) is 1.18. The number of rotatable bonds is 2. The zero-order valence-corrected chi connectivity index (χ0v) is 12.5. The zero-order valence-electron chi connectivity index (χ0n) is 12.5. The summed E-state index contributed by atoms with van der Waals surface area (Å²) in [5, 5.41) is 18.3. The van der Waals surface area contributed by atoms with Gasteiger partial charge >= 0.3 is 0 Å². The SMILES string of the molecule is Cc1cc(C#CCO)cc(C(=O)N2CCC(C)C2CO)c1. The van der Waals surface area contributed by atoms with Crippen molar-refractivity contribution in [2.75, 3.05) is 19.8 Å². The van der Waals surface area contributed by atoms with Crippen LogP contribution in [0.25, 0.3) is 0 Å². The fourth-order valence-electron chi connectivity index (χ4n) is 2.82. The molecule has 0 bridgehead atoms. The van der Waals surface area contributed by atoms with E-state index in [0.717, 1.165) is 17.5 Å². The van der Waals surface area contributed by atoms with Gasteiger partial charge in [0, 0.05) is 17.7 Å². The second-order valence-electron chi connectivity index (χ2n) is 5.56. The molecule has 2 atom stereocenters. The van der Waals surface area contributed by atoms with Crippen molar-refractivity contribution in [3.05, 3.63) is 34.9 Å². The van der Waals surface area contributed by atoms with E-state index in [1.54, 1.807) is 11.0 Å². The Balaban J connectivity index is 2.29. The molecule has 1 heterocycles. The molecule has 112 valence electrons. The maximum Gasteiger partial charge on any atom is 0.254 e. The summed E-state index contributed by atoms with van der Waals surface area (Å²) in [6.45, 7) is 4.44. The topological polar surface area (TPSA) is 60.8 Å². The lowest BCUT2D eigenvalue weighted by atomic mass is 10.0. The van der Waals surface area contributed by atoms with E-state index in [4.69, 9.17) is 5.11 Å². The standard InChI is InChI=1S/C17H21NO3/c1-12-8-14(4-3-7-19)10-15(9-12)17(21)18-6-5-13(2)16(18)11-20/h8-10,13,16,19-20H,5-7,11H2,1-2H3. The van der Waals surface area contributed by atoms with E-state index >= 15 is 0 Å². The molecule has 1 aliphatic rings. The first-order valence-electron chi connectivity index (χ1n) is 7.20. The number of carbonyl (C=O) groups is 1. The van der Waals surface area contributed by atoms with E-state index in [9.17, 15) is 9.90 Å². The maximum absolute atomic E-state index is 12.7. The summed E-state index contributed by atoms with van der Waals surface area (Å²) >= 11 is 0. The molecule has 4 heteroatoms. The summed E-state index contributed by atoms with van der Waals surface area (Å²) in [6, 6.07) is 5.36. The van der Waals surface area contributed by atoms with Gasteiger partial charge < -0.3 is 15.1 Å². The number of hydrogen-bond acceptors (Lipinski definition) is 3. The highest BCUT2D eigenvalue weighted by Gasteiger charge is 2.34. The van der Waals surface area contributed by atoms with Gasteiger partial charge in [0.15, 0.2) is 0 Å². The number of aliphatic hydroxyl groups excluding tert-OH is 2. The molecule has 0 radical (unpaired) electrons. The molecule has 1 saturated heterocycles. The number of carbonyl (C=O) groups excluding carboxylic acids is 1. The van der Waals surface area contributed by atoms with E-state index in [1.165, 1.54) is 0 Å². The molecule has 1 amide bonds. The minimum absolute atomic E-state index is 0.00407. The van der Waals surface area contributed by atoms with Gasteiger partial charge in [0.25, 0.3) is 5.91 Å². The first kappa shape index (κ1) is 15.6. The fourth-order valence-corrected chi connectivity index (χ4v) is 2.82. The molecule has 4 nitrogen and oxygen atoms in total. The predicted molar refractivity (Wildman–Crippen MR) is 80.8 cm³/mol. The van der Waals surface area contributed by atoms with Gasteiger partial charge in [-0.15, -0.1) is 0 Å². The quantitative estimate of drug-likeness (QED) is 0.803. The van der Waals surface area contributed by atoms with Gasteiger partial charge in [-0.05, 0) is 43.0 Å². The molecule has 1 aromatic rings. The average Bonchev–Trinajstić information content (AvgIpc) is 2.84. The highest BCUT2D eigenvalue weighted by atomic mass is 16.3. The smallest absolute Gasteiger partial charge is 0.254 e. The highest BCUT2D eigenvalue weighted by Crippen LogP contribution is 2.25. The van der Waals surface area contributed by atoms with E-state index in [-0.39, 0.29) is 25.2 Å². The van der Waals surface area contributed by atoms with E-state index in [1.807, 2.05) is 19.1 Å². The number of benzene rings is 1. The van der Waals surface area contributed by atoms with Gasteiger partial charge in [0.2, 0.25) is 0 Å². The summed E-state index contributed by atoms with van der Waals surface area (Å²) in [7, 11) is 0. The number of aliphatic hydroxyl groups is 2. The molecular weight excluding hydrogens is 266 g/mol. The molecular formula is C17H21NO3. The van der Waals surface area contributed by atoms with E-state index < -0.39 is 0 Å². The van der Waals surface area contributed by atoms with Gasteiger partial charge in [0.1, 0.15) is 6.61 Å². The molecule has 2 unspecified atom stereocenters. The van der Waals surface area contributed by atoms with Crippen LogP contribution in [0.2, 0.25) is 0 Å². The Morgan fingerprint density at radius 2 is 2.14 bits per heavy atom. The van der Waals surface area contributed by atoms with Crippen molar-refractivity contribution in [2.24, 2.45) is 5.92 Å². The number of amides is 1. The van der Waals surface area contributed by atoms with Gasteiger partial charge in [0.05, 0.1) is 12.6 Å². The molecule has 21 heavy (non-hydrogen) atoms. The second kappa shape index (κ2) is 6.75. The van der Waals surface area contributed by atoms with E-state index in [0.29, 0.717) is 18.0 Å². The third-order valence-corrected chi connectivity index (χ3v) is 3.97. The molecule has 2 rings (SSSR count). The number of nitrogens with zero attached hydrogens (tertiary/aromatic N) is 1. The summed E-state index contributed by atoms with van der Waals surface area (Å²) in [4.78, 5) is 14.4. The van der Waals surface area contributed by atoms with Crippen LogP contribution in [-0.4, -0.2) is 46.8 Å². The monoisotopic (exact) mass is 287 g/mol. The Labute approximate surface area is 125 Å². The van der Waals surface area contributed by atoms with Crippen LogP contribution in [0.3, 0.4) is 0 Å². The lowest BCUT2D eigenvalue weighted by Gasteiger charge is -2.25. The summed E-state index contributed by atoms with van der Waals surface area (Å²) < 4.78 is 0.